The van der Waals surface area contributed by atoms with Crippen molar-refractivity contribution in [1.29, 1.82) is 0 Å². The van der Waals surface area contributed by atoms with Gasteiger partial charge in [-0.1, -0.05) is 0 Å². The minimum Gasteiger partial charge on any atom is -0.480 e. The third-order valence-electron chi connectivity index (χ3n) is 2.48. The van der Waals surface area contributed by atoms with Crippen LogP contribution in [0.5, 0.6) is 0 Å². The molecule has 6 heteroatoms. The molecule has 0 spiro atoms. The molecule has 0 aromatic carbocycles. The Morgan fingerprint density at radius 2 is 2.00 bits per heavy atom. The molecule has 17 heavy (non-hydrogen) atoms. The third kappa shape index (κ3) is 2.91. The van der Waals surface area contributed by atoms with Crippen LogP contribution in [0.2, 0.25) is 0 Å². The number of hydrogen-bond acceptors (Lipinski definition) is 4. The van der Waals surface area contributed by atoms with Gasteiger partial charge in [0.15, 0.2) is 5.78 Å². The van der Waals surface area contributed by atoms with Gasteiger partial charge >= 0.3 is 5.97 Å². The molecule has 5 nitrogen and oxygen atoms in total. The summed E-state index contributed by atoms with van der Waals surface area (Å²) in [6, 6.07) is 0.589. The molecule has 0 saturated carbocycles. The smallest absolute Gasteiger partial charge is 0.326 e. The van der Waals surface area contributed by atoms with Gasteiger partial charge in [0.05, 0.1) is 4.88 Å². The second-order valence-electron chi connectivity index (χ2n) is 3.69. The first-order valence-electron chi connectivity index (χ1n) is 4.94. The fraction of sp³-hybridized carbons (Fsp3) is 0.364. The highest BCUT2D eigenvalue weighted by Gasteiger charge is 2.24. The minimum absolute atomic E-state index is 0.116. The van der Waals surface area contributed by atoms with Gasteiger partial charge in [0.2, 0.25) is 0 Å². The number of aliphatic carboxylic acids is 1. The van der Waals surface area contributed by atoms with Crippen molar-refractivity contribution in [3.05, 3.63) is 21.9 Å². The zero-order valence-corrected chi connectivity index (χ0v) is 10.6. The van der Waals surface area contributed by atoms with Gasteiger partial charge in [-0.2, -0.15) is 0 Å². The summed E-state index contributed by atoms with van der Waals surface area (Å²) < 4.78 is 0. The number of hydrogen-bond donors (Lipinski definition) is 1. The number of carboxylic acids is 1. The summed E-state index contributed by atoms with van der Waals surface area (Å²) in [7, 11) is 1.42. The Hall–Kier alpha value is -1.69. The van der Waals surface area contributed by atoms with Gasteiger partial charge in [-0.05, 0) is 19.9 Å². The maximum Gasteiger partial charge on any atom is 0.326 e. The van der Waals surface area contributed by atoms with Crippen molar-refractivity contribution in [2.45, 2.75) is 19.9 Å². The number of carbonyl (C=O) groups is 3. The number of Topliss-reactive ketones (excluding diaryl/α,β-unsaturated/α-hetero) is 1. The lowest BCUT2D eigenvalue weighted by molar-refractivity contribution is -0.141. The van der Waals surface area contributed by atoms with Gasteiger partial charge in [0, 0.05) is 18.0 Å². The van der Waals surface area contributed by atoms with Crippen LogP contribution in [0.3, 0.4) is 0 Å². The maximum atomic E-state index is 11.9. The first-order valence-corrected chi connectivity index (χ1v) is 5.82. The monoisotopic (exact) mass is 255 g/mol. The molecule has 0 saturated heterocycles. The molecule has 1 atom stereocenters. The van der Waals surface area contributed by atoms with E-state index in [9.17, 15) is 14.4 Å². The average molecular weight is 255 g/mol. The number of rotatable bonds is 4. The molecule has 1 N–H and O–H groups in total. The highest BCUT2D eigenvalue weighted by atomic mass is 32.1. The standard InChI is InChI=1S/C11H13NO4S/c1-6(11(15)16)12(3)10(14)9-4-8(5-17-9)7(2)13/h4-6H,1-3H3,(H,15,16). The second kappa shape index (κ2) is 5.09. The van der Waals surface area contributed by atoms with E-state index >= 15 is 0 Å². The Morgan fingerprint density at radius 3 is 2.41 bits per heavy atom. The van der Waals surface area contributed by atoms with Crippen LogP contribution in [0.15, 0.2) is 11.4 Å². The molecule has 0 aliphatic heterocycles. The van der Waals surface area contributed by atoms with E-state index in [0.29, 0.717) is 10.4 Å². The van der Waals surface area contributed by atoms with Gasteiger partial charge in [-0.3, -0.25) is 9.59 Å². The first-order chi connectivity index (χ1) is 7.84. The molecule has 1 heterocycles. The molecule has 1 rings (SSSR count). The molecule has 1 aromatic heterocycles. The van der Waals surface area contributed by atoms with Crippen LogP contribution in [-0.4, -0.2) is 40.8 Å². The van der Waals surface area contributed by atoms with Crippen molar-refractivity contribution in [2.75, 3.05) is 7.05 Å². The highest BCUT2D eigenvalue weighted by molar-refractivity contribution is 7.12. The number of carboxylic acid groups (broad SMARTS) is 1. The summed E-state index contributed by atoms with van der Waals surface area (Å²) in [4.78, 5) is 35.2. The van der Waals surface area contributed by atoms with Crippen molar-refractivity contribution in [2.24, 2.45) is 0 Å². The van der Waals surface area contributed by atoms with Gasteiger partial charge in [0.1, 0.15) is 6.04 Å². The molecule has 1 aromatic rings. The molecule has 0 radical (unpaired) electrons. The van der Waals surface area contributed by atoms with E-state index in [-0.39, 0.29) is 5.78 Å². The first kappa shape index (κ1) is 13.4. The normalized spacial score (nSPS) is 11.9. The van der Waals surface area contributed by atoms with E-state index in [1.54, 1.807) is 5.38 Å². The average Bonchev–Trinajstić information content (AvgIpc) is 2.75. The fourth-order valence-electron chi connectivity index (χ4n) is 1.15. The Balaban J connectivity index is 2.89. The van der Waals surface area contributed by atoms with E-state index in [2.05, 4.69) is 0 Å². The Labute approximate surface area is 103 Å². The van der Waals surface area contributed by atoms with Crippen molar-refractivity contribution in [3.63, 3.8) is 0 Å². The van der Waals surface area contributed by atoms with Crippen molar-refractivity contribution < 1.29 is 19.5 Å². The Morgan fingerprint density at radius 1 is 1.41 bits per heavy atom. The van der Waals surface area contributed by atoms with E-state index in [4.69, 9.17) is 5.11 Å². The van der Waals surface area contributed by atoms with Crippen LogP contribution in [-0.2, 0) is 4.79 Å². The SMILES string of the molecule is CC(=O)c1csc(C(=O)N(C)C(C)C(=O)O)c1. The van der Waals surface area contributed by atoms with Crippen molar-refractivity contribution in [3.8, 4) is 0 Å². The topological polar surface area (TPSA) is 74.7 Å². The fourth-order valence-corrected chi connectivity index (χ4v) is 2.08. The molecular weight excluding hydrogens is 242 g/mol. The molecule has 0 bridgehead atoms. The van der Waals surface area contributed by atoms with Crippen LogP contribution >= 0.6 is 11.3 Å². The van der Waals surface area contributed by atoms with Gasteiger partial charge in [-0.15, -0.1) is 11.3 Å². The predicted octanol–water partition coefficient (Wildman–Crippen LogP) is 1.50. The second-order valence-corrected chi connectivity index (χ2v) is 4.60. The van der Waals surface area contributed by atoms with E-state index in [1.165, 1.54) is 27.0 Å². The largest absolute Gasteiger partial charge is 0.480 e. The summed E-state index contributed by atoms with van der Waals surface area (Å²) in [5.74, 6) is -1.57. The summed E-state index contributed by atoms with van der Waals surface area (Å²) in [5.41, 5.74) is 0.467. The van der Waals surface area contributed by atoms with Crippen LogP contribution < -0.4 is 0 Å². The van der Waals surface area contributed by atoms with Crippen LogP contribution in [0, 0.1) is 0 Å². The number of carbonyl (C=O) groups excluding carboxylic acids is 2. The van der Waals surface area contributed by atoms with Crippen LogP contribution in [0.25, 0.3) is 0 Å². The maximum absolute atomic E-state index is 11.9. The van der Waals surface area contributed by atoms with Crippen LogP contribution in [0.4, 0.5) is 0 Å². The third-order valence-corrected chi connectivity index (χ3v) is 3.39. The molecule has 0 aliphatic carbocycles. The van der Waals surface area contributed by atoms with E-state index in [0.717, 1.165) is 16.2 Å². The Kier molecular flexibility index (Phi) is 4.01. The highest BCUT2D eigenvalue weighted by Crippen LogP contribution is 2.17. The summed E-state index contributed by atoms with van der Waals surface area (Å²) in [5, 5.41) is 10.4. The molecule has 0 aliphatic rings. The zero-order chi connectivity index (χ0) is 13.2. The lowest BCUT2D eigenvalue weighted by atomic mass is 10.2. The molecule has 92 valence electrons. The van der Waals surface area contributed by atoms with Crippen molar-refractivity contribution >= 4 is 29.0 Å². The molecule has 1 unspecified atom stereocenters. The quantitative estimate of drug-likeness (QED) is 0.827. The lowest BCUT2D eigenvalue weighted by Gasteiger charge is -2.20. The summed E-state index contributed by atoms with van der Waals surface area (Å²) in [6.45, 7) is 2.85. The number of likely N-dealkylation sites (N-methyl/N-ethyl adjacent to an activating group) is 1. The predicted molar refractivity (Wildman–Crippen MR) is 63.5 cm³/mol. The number of thiophene rings is 1. The molecular formula is C11H13NO4S. The van der Waals surface area contributed by atoms with Gasteiger partial charge in [-0.25, -0.2) is 4.79 Å². The molecule has 0 fully saturated rings. The summed E-state index contributed by atoms with van der Waals surface area (Å²) in [6.07, 6.45) is 0. The molecule has 1 amide bonds. The number of amides is 1. The lowest BCUT2D eigenvalue weighted by Crippen LogP contribution is -2.39. The van der Waals surface area contributed by atoms with Crippen LogP contribution in [0.1, 0.15) is 33.9 Å². The van der Waals surface area contributed by atoms with E-state index < -0.39 is 17.9 Å². The minimum atomic E-state index is -1.07. The summed E-state index contributed by atoms with van der Waals surface area (Å²) >= 11 is 1.14. The van der Waals surface area contributed by atoms with Crippen molar-refractivity contribution in [1.82, 2.24) is 4.90 Å². The van der Waals surface area contributed by atoms with E-state index in [1.807, 2.05) is 0 Å². The number of nitrogens with zero attached hydrogens (tertiary/aromatic N) is 1. The zero-order valence-electron chi connectivity index (χ0n) is 9.76. The van der Waals surface area contributed by atoms with Gasteiger partial charge in [0.25, 0.3) is 5.91 Å². The van der Waals surface area contributed by atoms with Gasteiger partial charge < -0.3 is 10.0 Å². The number of ketones is 1. The Bertz CT molecular complexity index is 466.